The zero-order valence-electron chi connectivity index (χ0n) is 12.8. The first-order valence-corrected chi connectivity index (χ1v) is 10.1. The zero-order chi connectivity index (χ0) is 14.8. The van der Waals surface area contributed by atoms with E-state index in [1.807, 2.05) is 23.5 Å². The van der Waals surface area contributed by atoms with Crippen LogP contribution in [-0.4, -0.2) is 39.3 Å². The SMILES string of the molecule is CNC(=O)C1(C(CC2CC2)NSC(C)(C)C)SCCS1. The van der Waals surface area contributed by atoms with Gasteiger partial charge < -0.3 is 5.32 Å². The van der Waals surface area contributed by atoms with Gasteiger partial charge in [0.25, 0.3) is 0 Å². The second kappa shape index (κ2) is 6.71. The van der Waals surface area contributed by atoms with Gasteiger partial charge in [0.2, 0.25) is 5.91 Å². The van der Waals surface area contributed by atoms with Gasteiger partial charge in [0.1, 0.15) is 0 Å². The molecule has 1 aliphatic heterocycles. The molecule has 1 saturated carbocycles. The summed E-state index contributed by atoms with van der Waals surface area (Å²) in [6.07, 6.45) is 3.78. The van der Waals surface area contributed by atoms with Crippen LogP contribution >= 0.6 is 35.5 Å². The predicted octanol–water partition coefficient (Wildman–Crippen LogP) is 3.11. The highest BCUT2D eigenvalue weighted by molar-refractivity contribution is 8.22. The standard InChI is InChI=1S/C14H26N2OS3/c1-13(2,3)20-16-11(9-10-5-6-10)14(12(17)15-4)18-7-8-19-14/h10-11,16H,5-9H2,1-4H3,(H,15,17). The van der Waals surface area contributed by atoms with Gasteiger partial charge in [0.15, 0.2) is 4.08 Å². The minimum Gasteiger partial charge on any atom is -0.357 e. The summed E-state index contributed by atoms with van der Waals surface area (Å²) in [6.45, 7) is 6.63. The molecular formula is C14H26N2OS3. The molecule has 0 aromatic rings. The first kappa shape index (κ1) is 16.8. The summed E-state index contributed by atoms with van der Waals surface area (Å²) in [4.78, 5) is 12.5. The highest BCUT2D eigenvalue weighted by Crippen LogP contribution is 2.50. The molecule has 2 aliphatic rings. The second-order valence-corrected chi connectivity index (χ2v) is 11.1. The smallest absolute Gasteiger partial charge is 0.247 e. The van der Waals surface area contributed by atoms with E-state index in [9.17, 15) is 4.79 Å². The fraction of sp³-hybridized carbons (Fsp3) is 0.929. The van der Waals surface area contributed by atoms with E-state index in [0.29, 0.717) is 0 Å². The van der Waals surface area contributed by atoms with Crippen LogP contribution in [0.5, 0.6) is 0 Å². The molecule has 0 bridgehead atoms. The number of nitrogens with one attached hydrogen (secondary N) is 2. The van der Waals surface area contributed by atoms with Crippen LogP contribution in [-0.2, 0) is 4.79 Å². The van der Waals surface area contributed by atoms with Crippen LogP contribution in [0.4, 0.5) is 0 Å². The Morgan fingerprint density at radius 2 is 1.95 bits per heavy atom. The maximum Gasteiger partial charge on any atom is 0.247 e. The van der Waals surface area contributed by atoms with Crippen molar-refractivity contribution in [2.45, 2.75) is 54.9 Å². The van der Waals surface area contributed by atoms with E-state index in [2.05, 4.69) is 30.8 Å². The molecule has 2 rings (SSSR count). The average Bonchev–Trinajstić information content (AvgIpc) is 3.07. The van der Waals surface area contributed by atoms with Crippen LogP contribution < -0.4 is 10.0 Å². The Balaban J connectivity index is 2.11. The largest absolute Gasteiger partial charge is 0.357 e. The summed E-state index contributed by atoms with van der Waals surface area (Å²) in [5.74, 6) is 3.14. The summed E-state index contributed by atoms with van der Waals surface area (Å²) >= 11 is 5.42. The van der Waals surface area contributed by atoms with Gasteiger partial charge in [-0.05, 0) is 33.1 Å². The Morgan fingerprint density at radius 1 is 1.35 bits per heavy atom. The lowest BCUT2D eigenvalue weighted by Gasteiger charge is -2.36. The van der Waals surface area contributed by atoms with Crippen molar-refractivity contribution < 1.29 is 4.79 Å². The summed E-state index contributed by atoms with van der Waals surface area (Å²) in [5.41, 5.74) is 0. The molecule has 3 nitrogen and oxygen atoms in total. The molecule has 20 heavy (non-hydrogen) atoms. The highest BCUT2D eigenvalue weighted by Gasteiger charge is 2.50. The maximum atomic E-state index is 12.5. The number of amides is 1. The Bertz CT molecular complexity index is 347. The Morgan fingerprint density at radius 3 is 2.40 bits per heavy atom. The van der Waals surface area contributed by atoms with Gasteiger partial charge >= 0.3 is 0 Å². The van der Waals surface area contributed by atoms with Gasteiger partial charge in [-0.1, -0.05) is 24.8 Å². The van der Waals surface area contributed by atoms with E-state index in [0.717, 1.165) is 23.8 Å². The van der Waals surface area contributed by atoms with E-state index in [4.69, 9.17) is 0 Å². The monoisotopic (exact) mass is 334 g/mol. The topological polar surface area (TPSA) is 41.1 Å². The van der Waals surface area contributed by atoms with Gasteiger partial charge in [0.05, 0.1) is 6.04 Å². The molecule has 6 heteroatoms. The van der Waals surface area contributed by atoms with Gasteiger partial charge in [-0.2, -0.15) is 0 Å². The molecule has 1 saturated heterocycles. The first-order chi connectivity index (χ1) is 9.37. The summed E-state index contributed by atoms with van der Waals surface area (Å²) in [6, 6.07) is 0.247. The molecule has 2 N–H and O–H groups in total. The van der Waals surface area contributed by atoms with E-state index in [1.165, 1.54) is 12.8 Å². The van der Waals surface area contributed by atoms with Gasteiger partial charge in [-0.15, -0.1) is 23.5 Å². The van der Waals surface area contributed by atoms with Crippen LogP contribution in [0.25, 0.3) is 0 Å². The Kier molecular flexibility index (Phi) is 5.65. The molecular weight excluding hydrogens is 308 g/mol. The highest BCUT2D eigenvalue weighted by atomic mass is 32.2. The van der Waals surface area contributed by atoms with Crippen LogP contribution in [0, 0.1) is 5.92 Å². The van der Waals surface area contributed by atoms with E-state index >= 15 is 0 Å². The molecule has 1 unspecified atom stereocenters. The molecule has 2 fully saturated rings. The molecule has 1 atom stereocenters. The molecule has 0 spiro atoms. The average molecular weight is 335 g/mol. The van der Waals surface area contributed by atoms with Crippen molar-refractivity contribution >= 4 is 41.4 Å². The molecule has 1 aliphatic carbocycles. The van der Waals surface area contributed by atoms with Crippen molar-refractivity contribution in [2.24, 2.45) is 5.92 Å². The van der Waals surface area contributed by atoms with Crippen molar-refractivity contribution in [1.29, 1.82) is 0 Å². The Labute approximate surface area is 135 Å². The maximum absolute atomic E-state index is 12.5. The Hall–Kier alpha value is 0.480. The van der Waals surface area contributed by atoms with Crippen molar-refractivity contribution in [3.8, 4) is 0 Å². The van der Waals surface area contributed by atoms with Gasteiger partial charge in [0, 0.05) is 23.3 Å². The third-order valence-corrected chi connectivity index (χ3v) is 8.09. The molecule has 0 radical (unpaired) electrons. The van der Waals surface area contributed by atoms with E-state index < -0.39 is 0 Å². The molecule has 1 heterocycles. The van der Waals surface area contributed by atoms with Crippen LogP contribution in [0.2, 0.25) is 0 Å². The minimum atomic E-state index is -0.338. The van der Waals surface area contributed by atoms with Crippen molar-refractivity contribution in [3.05, 3.63) is 0 Å². The van der Waals surface area contributed by atoms with Gasteiger partial charge in [-0.3, -0.25) is 9.52 Å². The van der Waals surface area contributed by atoms with Crippen LogP contribution in [0.3, 0.4) is 0 Å². The fourth-order valence-electron chi connectivity index (χ4n) is 2.31. The summed E-state index contributed by atoms with van der Waals surface area (Å²) in [5, 5.41) is 2.89. The summed E-state index contributed by atoms with van der Waals surface area (Å²) < 4.78 is 3.47. The number of carbonyl (C=O) groups is 1. The molecule has 1 amide bonds. The number of carbonyl (C=O) groups excluding carboxylic acids is 1. The number of hydrogen-bond donors (Lipinski definition) is 2. The fourth-order valence-corrected chi connectivity index (χ4v) is 6.51. The van der Waals surface area contributed by atoms with Crippen molar-refractivity contribution in [1.82, 2.24) is 10.0 Å². The van der Waals surface area contributed by atoms with Crippen LogP contribution in [0.1, 0.15) is 40.0 Å². The first-order valence-electron chi connectivity index (χ1n) is 7.31. The predicted molar refractivity (Wildman–Crippen MR) is 93.3 cm³/mol. The lowest BCUT2D eigenvalue weighted by Crippen LogP contribution is -2.53. The zero-order valence-corrected chi connectivity index (χ0v) is 15.3. The second-order valence-electron chi connectivity index (χ2n) is 6.51. The summed E-state index contributed by atoms with van der Waals surface area (Å²) in [7, 11) is 1.76. The number of rotatable bonds is 6. The normalized spacial score (nSPS) is 23.6. The lowest BCUT2D eigenvalue weighted by atomic mass is 10.1. The van der Waals surface area contributed by atoms with Gasteiger partial charge in [-0.25, -0.2) is 0 Å². The van der Waals surface area contributed by atoms with E-state index in [-0.39, 0.29) is 20.8 Å². The number of thioether (sulfide) groups is 2. The molecule has 116 valence electrons. The third kappa shape index (κ3) is 4.24. The molecule has 0 aromatic carbocycles. The van der Waals surface area contributed by atoms with Crippen LogP contribution in [0.15, 0.2) is 0 Å². The number of hydrogen-bond acceptors (Lipinski definition) is 5. The minimum absolute atomic E-state index is 0.166. The molecule has 0 aromatic heterocycles. The van der Waals surface area contributed by atoms with Crippen molar-refractivity contribution in [2.75, 3.05) is 18.6 Å². The quantitative estimate of drug-likeness (QED) is 0.731. The lowest BCUT2D eigenvalue weighted by molar-refractivity contribution is -0.121. The van der Waals surface area contributed by atoms with Crippen molar-refractivity contribution in [3.63, 3.8) is 0 Å². The van der Waals surface area contributed by atoms with E-state index in [1.54, 1.807) is 19.0 Å². The third-order valence-electron chi connectivity index (χ3n) is 3.49.